The minimum absolute atomic E-state index is 0.0292. The molecule has 5 rings (SSSR count). The number of rotatable bonds is 4. The lowest BCUT2D eigenvalue weighted by Gasteiger charge is -2.41. The van der Waals surface area contributed by atoms with Crippen molar-refractivity contribution in [2.24, 2.45) is 0 Å². The van der Waals surface area contributed by atoms with Crippen LogP contribution in [0.2, 0.25) is 0 Å². The van der Waals surface area contributed by atoms with Gasteiger partial charge < -0.3 is 10.2 Å². The summed E-state index contributed by atoms with van der Waals surface area (Å²) in [5, 5.41) is 9.31. The van der Waals surface area contributed by atoms with E-state index in [1.54, 1.807) is 4.90 Å². The molecule has 11 heteroatoms. The Hall–Kier alpha value is -1.72. The van der Waals surface area contributed by atoms with Gasteiger partial charge in [-0.2, -0.15) is 0 Å². The molecule has 2 atom stereocenters. The van der Waals surface area contributed by atoms with Crippen LogP contribution in [-0.2, 0) is 16.1 Å². The normalized spacial score (nSPS) is 30.5. The zero-order valence-electron chi connectivity index (χ0n) is 19.0. The van der Waals surface area contributed by atoms with Gasteiger partial charge in [0.25, 0.3) is 0 Å². The second kappa shape index (κ2) is 8.81. The van der Waals surface area contributed by atoms with Crippen LogP contribution in [0.4, 0.5) is 8.78 Å². The van der Waals surface area contributed by atoms with E-state index in [2.05, 4.69) is 24.7 Å². The Morgan fingerprint density at radius 2 is 1.91 bits per heavy atom. The molecule has 8 nitrogen and oxygen atoms in total. The highest BCUT2D eigenvalue weighted by atomic mass is 32.1. The number of nitrogens with one attached hydrogen (secondary N) is 1. The van der Waals surface area contributed by atoms with Crippen LogP contribution >= 0.6 is 11.5 Å². The van der Waals surface area contributed by atoms with Crippen molar-refractivity contribution in [3.05, 3.63) is 11.1 Å². The van der Waals surface area contributed by atoms with E-state index in [0.717, 1.165) is 38.2 Å². The smallest absolute Gasteiger partial charge is 0.248 e. The predicted molar refractivity (Wildman–Crippen MR) is 119 cm³/mol. The molecule has 182 valence electrons. The van der Waals surface area contributed by atoms with Crippen molar-refractivity contribution >= 4 is 23.3 Å². The van der Waals surface area contributed by atoms with Crippen LogP contribution in [0.15, 0.2) is 5.38 Å². The van der Waals surface area contributed by atoms with Gasteiger partial charge in [-0.1, -0.05) is 4.49 Å². The van der Waals surface area contributed by atoms with E-state index in [4.69, 9.17) is 0 Å². The standard InChI is InChI=1S/C22H32F2N6O2S/c1-28(16-2-4-22(23,24)5-3-16)17-10-18-20(32)25-21(11-19(31)30(18)13-17)6-8-29(9-7-21)12-15-14-33-27-26-15/h14,16-18H,2-13H2,1H3,(H,25,32)/t17-,18-/m0/s1. The van der Waals surface area contributed by atoms with Crippen LogP contribution in [0.1, 0.15) is 57.1 Å². The molecule has 2 amide bonds. The third-order valence-corrected chi connectivity index (χ3v) is 8.78. The minimum atomic E-state index is -2.56. The van der Waals surface area contributed by atoms with E-state index in [1.807, 2.05) is 12.4 Å². The number of aromatic nitrogens is 2. The van der Waals surface area contributed by atoms with E-state index in [1.165, 1.54) is 11.5 Å². The Bertz CT molecular complexity index is 838. The second-order valence-corrected chi connectivity index (χ2v) is 10.9. The highest BCUT2D eigenvalue weighted by molar-refractivity contribution is 7.03. The topological polar surface area (TPSA) is 81.7 Å². The third kappa shape index (κ3) is 4.77. The van der Waals surface area contributed by atoms with Gasteiger partial charge in [0.15, 0.2) is 0 Å². The van der Waals surface area contributed by atoms with Crippen LogP contribution in [0, 0.1) is 0 Å². The number of carbonyl (C=O) groups excluding carboxylic acids is 2. The summed E-state index contributed by atoms with van der Waals surface area (Å²) in [6.45, 7) is 2.84. The maximum absolute atomic E-state index is 13.6. The Morgan fingerprint density at radius 1 is 1.18 bits per heavy atom. The van der Waals surface area contributed by atoms with E-state index in [9.17, 15) is 18.4 Å². The van der Waals surface area contributed by atoms with E-state index >= 15 is 0 Å². The predicted octanol–water partition coefficient (Wildman–Crippen LogP) is 1.87. The SMILES string of the molecule is CN(C1CCC(F)(F)CC1)[C@H]1C[C@H]2C(=O)NC3(CCN(Cc4csnn4)CC3)CC(=O)N2C1. The van der Waals surface area contributed by atoms with Crippen molar-refractivity contribution in [3.63, 3.8) is 0 Å². The number of halogens is 2. The van der Waals surface area contributed by atoms with Crippen molar-refractivity contribution in [1.29, 1.82) is 0 Å². The van der Waals surface area contributed by atoms with Gasteiger partial charge in [-0.25, -0.2) is 8.78 Å². The van der Waals surface area contributed by atoms with E-state index in [0.29, 0.717) is 32.2 Å². The summed E-state index contributed by atoms with van der Waals surface area (Å²) in [5.41, 5.74) is 0.473. The first-order valence-corrected chi connectivity index (χ1v) is 12.8. The number of alkyl halides is 2. The highest BCUT2D eigenvalue weighted by Crippen LogP contribution is 2.38. The summed E-state index contributed by atoms with van der Waals surface area (Å²) in [4.78, 5) is 32.7. The number of hydrogen-bond acceptors (Lipinski definition) is 7. The van der Waals surface area contributed by atoms with Crippen molar-refractivity contribution < 1.29 is 18.4 Å². The first-order chi connectivity index (χ1) is 15.7. The highest BCUT2D eigenvalue weighted by Gasteiger charge is 2.50. The van der Waals surface area contributed by atoms with Crippen molar-refractivity contribution in [3.8, 4) is 0 Å². The van der Waals surface area contributed by atoms with Gasteiger partial charge in [0, 0.05) is 56.5 Å². The number of carbonyl (C=O) groups is 2. The molecule has 0 unspecified atom stereocenters. The number of likely N-dealkylation sites (tertiary alicyclic amines) is 1. The molecule has 1 aromatic rings. The fraction of sp³-hybridized carbons (Fsp3) is 0.818. The van der Waals surface area contributed by atoms with Gasteiger partial charge in [-0.15, -0.1) is 5.10 Å². The van der Waals surface area contributed by atoms with Gasteiger partial charge >= 0.3 is 0 Å². The zero-order valence-corrected chi connectivity index (χ0v) is 19.8. The molecule has 3 saturated heterocycles. The molecule has 1 aromatic heterocycles. The molecule has 4 fully saturated rings. The quantitative estimate of drug-likeness (QED) is 0.706. The molecule has 1 spiro atoms. The lowest BCUT2D eigenvalue weighted by Crippen LogP contribution is -2.56. The Kier molecular flexibility index (Phi) is 6.15. The molecule has 1 saturated carbocycles. The van der Waals surface area contributed by atoms with Gasteiger partial charge in [0.2, 0.25) is 17.7 Å². The molecule has 4 heterocycles. The first-order valence-electron chi connectivity index (χ1n) is 11.9. The zero-order chi connectivity index (χ0) is 23.2. The summed E-state index contributed by atoms with van der Waals surface area (Å²) in [7, 11) is 1.96. The van der Waals surface area contributed by atoms with Crippen molar-refractivity contribution in [2.75, 3.05) is 26.7 Å². The number of piperidine rings is 1. The number of hydrogen-bond donors (Lipinski definition) is 1. The minimum Gasteiger partial charge on any atom is -0.348 e. The van der Waals surface area contributed by atoms with Gasteiger partial charge in [0.05, 0.1) is 17.7 Å². The number of likely N-dealkylation sites (N-methyl/N-ethyl adjacent to an activating group) is 1. The molecule has 1 aliphatic carbocycles. The summed E-state index contributed by atoms with van der Waals surface area (Å²) in [6, 6.07) is -0.350. The molecule has 3 aliphatic heterocycles. The second-order valence-electron chi connectivity index (χ2n) is 10.3. The third-order valence-electron chi connectivity index (χ3n) is 8.22. The fourth-order valence-corrected chi connectivity index (χ4v) is 6.51. The molecular weight excluding hydrogens is 450 g/mol. The van der Waals surface area contributed by atoms with Crippen LogP contribution in [-0.4, -0.2) is 92.4 Å². The molecular formula is C22H32F2N6O2S. The van der Waals surface area contributed by atoms with Crippen molar-refractivity contribution in [2.45, 2.75) is 87.5 Å². The largest absolute Gasteiger partial charge is 0.348 e. The maximum atomic E-state index is 13.6. The lowest BCUT2D eigenvalue weighted by molar-refractivity contribution is -0.135. The number of fused-ring (bicyclic) bond motifs is 1. The molecule has 0 aromatic carbocycles. The Balaban J connectivity index is 1.19. The molecule has 4 aliphatic rings. The monoisotopic (exact) mass is 482 g/mol. The summed E-state index contributed by atoms with van der Waals surface area (Å²) < 4.78 is 31.0. The van der Waals surface area contributed by atoms with E-state index in [-0.39, 0.29) is 36.7 Å². The fourth-order valence-electron chi connectivity index (χ4n) is 6.07. The Morgan fingerprint density at radius 3 is 2.58 bits per heavy atom. The van der Waals surface area contributed by atoms with Crippen LogP contribution in [0.25, 0.3) is 0 Å². The average Bonchev–Trinajstić information content (AvgIpc) is 3.43. The van der Waals surface area contributed by atoms with Gasteiger partial charge in [-0.3, -0.25) is 19.4 Å². The molecule has 0 bridgehead atoms. The van der Waals surface area contributed by atoms with Crippen LogP contribution in [0.5, 0.6) is 0 Å². The molecule has 33 heavy (non-hydrogen) atoms. The van der Waals surface area contributed by atoms with Gasteiger partial charge in [-0.05, 0) is 50.7 Å². The lowest BCUT2D eigenvalue weighted by atomic mass is 9.84. The number of nitrogens with zero attached hydrogens (tertiary/aromatic N) is 5. The Labute approximate surface area is 196 Å². The summed E-state index contributed by atoms with van der Waals surface area (Å²) in [6.07, 6.45) is 3.13. The average molecular weight is 483 g/mol. The first kappa shape index (κ1) is 23.0. The van der Waals surface area contributed by atoms with Crippen molar-refractivity contribution in [1.82, 2.24) is 29.6 Å². The number of amides is 2. The molecule has 0 radical (unpaired) electrons. The van der Waals surface area contributed by atoms with E-state index < -0.39 is 17.5 Å². The van der Waals surface area contributed by atoms with Gasteiger partial charge in [0.1, 0.15) is 6.04 Å². The van der Waals surface area contributed by atoms with Crippen LogP contribution < -0.4 is 5.32 Å². The summed E-state index contributed by atoms with van der Waals surface area (Å²) >= 11 is 1.34. The summed E-state index contributed by atoms with van der Waals surface area (Å²) in [5.74, 6) is -2.59. The maximum Gasteiger partial charge on any atom is 0.248 e. The van der Waals surface area contributed by atoms with Crippen LogP contribution in [0.3, 0.4) is 0 Å². The molecule has 1 N–H and O–H groups in total.